The minimum absolute atomic E-state index is 0.457. The average Bonchev–Trinajstić information content (AvgIpc) is 3.04. The van der Waals surface area contributed by atoms with Gasteiger partial charge < -0.3 is 9.64 Å². The molecule has 4 nitrogen and oxygen atoms in total. The number of hydrogen-bond donors (Lipinski definition) is 0. The largest absolute Gasteiger partial charge is 0.496 e. The van der Waals surface area contributed by atoms with Gasteiger partial charge in [-0.2, -0.15) is 5.26 Å². The van der Waals surface area contributed by atoms with Crippen molar-refractivity contribution in [2.24, 2.45) is 0 Å². The van der Waals surface area contributed by atoms with Crippen LogP contribution in [0.5, 0.6) is 5.75 Å². The summed E-state index contributed by atoms with van der Waals surface area (Å²) < 4.78 is 5.46. The zero-order valence-electron chi connectivity index (χ0n) is 12.0. The van der Waals surface area contributed by atoms with E-state index in [0.29, 0.717) is 11.5 Å². The van der Waals surface area contributed by atoms with Crippen molar-refractivity contribution in [2.75, 3.05) is 25.1 Å². The lowest BCUT2D eigenvalue weighted by molar-refractivity contribution is 0.406. The quantitative estimate of drug-likeness (QED) is 0.866. The Morgan fingerprint density at radius 1 is 1.29 bits per heavy atom. The van der Waals surface area contributed by atoms with Gasteiger partial charge in [0.1, 0.15) is 17.6 Å². The number of aromatic nitrogens is 1. The summed E-state index contributed by atoms with van der Waals surface area (Å²) in [5, 5.41) is 8.82. The topological polar surface area (TPSA) is 49.1 Å². The van der Waals surface area contributed by atoms with Crippen LogP contribution in [0.25, 0.3) is 0 Å². The highest BCUT2D eigenvalue weighted by Crippen LogP contribution is 2.34. The van der Waals surface area contributed by atoms with Crippen molar-refractivity contribution < 1.29 is 4.74 Å². The number of pyridine rings is 1. The number of nitrogens with zero attached hydrogens (tertiary/aromatic N) is 3. The van der Waals surface area contributed by atoms with Gasteiger partial charge in [0.25, 0.3) is 0 Å². The maximum atomic E-state index is 8.82. The van der Waals surface area contributed by atoms with E-state index in [-0.39, 0.29) is 0 Å². The second-order valence-electron chi connectivity index (χ2n) is 5.19. The van der Waals surface area contributed by atoms with E-state index in [1.807, 2.05) is 24.3 Å². The monoisotopic (exact) mass is 279 g/mol. The van der Waals surface area contributed by atoms with Gasteiger partial charge in [-0.25, -0.2) is 4.98 Å². The maximum Gasteiger partial charge on any atom is 0.128 e. The Morgan fingerprint density at radius 2 is 2.14 bits per heavy atom. The minimum Gasteiger partial charge on any atom is -0.496 e. The molecule has 0 radical (unpaired) electrons. The van der Waals surface area contributed by atoms with E-state index < -0.39 is 0 Å². The third-order valence-electron chi connectivity index (χ3n) is 3.97. The normalized spacial score (nSPS) is 17.5. The number of methoxy groups -OCH3 is 1. The molecular formula is C17H17N3O. The molecule has 1 saturated heterocycles. The fourth-order valence-corrected chi connectivity index (χ4v) is 2.87. The number of hydrogen-bond acceptors (Lipinski definition) is 4. The summed E-state index contributed by atoms with van der Waals surface area (Å²) in [6.45, 7) is 1.90. The molecule has 21 heavy (non-hydrogen) atoms. The van der Waals surface area contributed by atoms with Crippen molar-refractivity contribution in [1.29, 1.82) is 5.26 Å². The van der Waals surface area contributed by atoms with Crippen LogP contribution in [-0.4, -0.2) is 25.2 Å². The number of nitriles is 1. The van der Waals surface area contributed by atoms with E-state index in [2.05, 4.69) is 28.1 Å². The number of benzene rings is 1. The summed E-state index contributed by atoms with van der Waals surface area (Å²) in [5.74, 6) is 2.35. The van der Waals surface area contributed by atoms with Gasteiger partial charge >= 0.3 is 0 Å². The van der Waals surface area contributed by atoms with Crippen LogP contribution in [0.2, 0.25) is 0 Å². The van der Waals surface area contributed by atoms with E-state index in [4.69, 9.17) is 10.00 Å². The second kappa shape index (κ2) is 5.84. The molecule has 0 bridgehead atoms. The van der Waals surface area contributed by atoms with Crippen LogP contribution >= 0.6 is 0 Å². The molecule has 3 rings (SSSR count). The summed E-state index contributed by atoms with van der Waals surface area (Å²) in [6.07, 6.45) is 2.72. The average molecular weight is 279 g/mol. The lowest BCUT2D eigenvalue weighted by atomic mass is 9.97. The molecule has 1 aromatic carbocycles. The van der Waals surface area contributed by atoms with Gasteiger partial charge in [0.2, 0.25) is 0 Å². The van der Waals surface area contributed by atoms with Crippen LogP contribution in [0, 0.1) is 11.3 Å². The van der Waals surface area contributed by atoms with Gasteiger partial charge in [0.05, 0.1) is 12.7 Å². The van der Waals surface area contributed by atoms with Crippen molar-refractivity contribution >= 4 is 5.82 Å². The third-order valence-corrected chi connectivity index (χ3v) is 3.97. The van der Waals surface area contributed by atoms with Gasteiger partial charge in [-0.1, -0.05) is 18.2 Å². The smallest absolute Gasteiger partial charge is 0.128 e. The van der Waals surface area contributed by atoms with E-state index in [0.717, 1.165) is 31.1 Å². The highest BCUT2D eigenvalue weighted by molar-refractivity contribution is 5.46. The van der Waals surface area contributed by atoms with Crippen LogP contribution in [0.1, 0.15) is 23.5 Å². The Labute approximate surface area is 124 Å². The predicted octanol–water partition coefficient (Wildman–Crippen LogP) is 2.96. The van der Waals surface area contributed by atoms with Crippen molar-refractivity contribution in [3.63, 3.8) is 0 Å². The van der Waals surface area contributed by atoms with Gasteiger partial charge in [0.15, 0.2) is 0 Å². The highest BCUT2D eigenvalue weighted by Gasteiger charge is 2.26. The summed E-state index contributed by atoms with van der Waals surface area (Å²) in [6, 6.07) is 14.0. The van der Waals surface area contributed by atoms with E-state index in [1.54, 1.807) is 13.3 Å². The fourth-order valence-electron chi connectivity index (χ4n) is 2.87. The lowest BCUT2D eigenvalue weighted by Crippen LogP contribution is -2.20. The number of ether oxygens (including phenoxy) is 1. The SMILES string of the molecule is COc1ccccc1C1CCN(c2ccc(C#N)cn2)C1. The van der Waals surface area contributed by atoms with Gasteiger partial charge in [-0.15, -0.1) is 0 Å². The molecule has 1 unspecified atom stereocenters. The second-order valence-corrected chi connectivity index (χ2v) is 5.19. The van der Waals surface area contributed by atoms with Gasteiger partial charge in [-0.3, -0.25) is 0 Å². The standard InChI is InChI=1S/C17H17N3O/c1-21-16-5-3-2-4-15(16)14-8-9-20(12-14)17-7-6-13(10-18)11-19-17/h2-7,11,14H,8-9,12H2,1H3. The Balaban J connectivity index is 1.77. The molecule has 0 aliphatic carbocycles. The van der Waals surface area contributed by atoms with Crippen molar-refractivity contribution in [2.45, 2.75) is 12.3 Å². The van der Waals surface area contributed by atoms with Crippen molar-refractivity contribution in [1.82, 2.24) is 4.98 Å². The van der Waals surface area contributed by atoms with Crippen LogP contribution < -0.4 is 9.64 Å². The van der Waals surface area contributed by atoms with Crippen LogP contribution in [0.3, 0.4) is 0 Å². The van der Waals surface area contributed by atoms with Crippen LogP contribution in [0.4, 0.5) is 5.82 Å². The fraction of sp³-hybridized carbons (Fsp3) is 0.294. The van der Waals surface area contributed by atoms with Gasteiger partial charge in [0, 0.05) is 25.2 Å². The molecule has 4 heteroatoms. The zero-order valence-corrected chi connectivity index (χ0v) is 12.0. The van der Waals surface area contributed by atoms with Crippen molar-refractivity contribution in [3.05, 3.63) is 53.7 Å². The molecule has 2 heterocycles. The van der Waals surface area contributed by atoms with Gasteiger partial charge in [-0.05, 0) is 30.2 Å². The summed E-state index contributed by atoms with van der Waals surface area (Å²) in [7, 11) is 1.72. The molecule has 1 atom stereocenters. The molecule has 0 amide bonds. The third kappa shape index (κ3) is 2.68. The molecule has 2 aromatic rings. The van der Waals surface area contributed by atoms with Crippen LogP contribution in [-0.2, 0) is 0 Å². The molecule has 1 aliphatic rings. The van der Waals surface area contributed by atoms with E-state index >= 15 is 0 Å². The van der Waals surface area contributed by atoms with E-state index in [9.17, 15) is 0 Å². The number of para-hydroxylation sites is 1. The van der Waals surface area contributed by atoms with E-state index in [1.165, 1.54) is 5.56 Å². The molecule has 0 spiro atoms. The number of anilines is 1. The minimum atomic E-state index is 0.457. The molecule has 1 aliphatic heterocycles. The first-order valence-electron chi connectivity index (χ1n) is 7.06. The molecular weight excluding hydrogens is 262 g/mol. The summed E-state index contributed by atoms with van der Waals surface area (Å²) in [4.78, 5) is 6.64. The highest BCUT2D eigenvalue weighted by atomic mass is 16.5. The summed E-state index contributed by atoms with van der Waals surface area (Å²) in [5.41, 5.74) is 1.86. The number of rotatable bonds is 3. The molecule has 1 aromatic heterocycles. The predicted molar refractivity (Wildman–Crippen MR) is 81.5 cm³/mol. The molecule has 106 valence electrons. The lowest BCUT2D eigenvalue weighted by Gasteiger charge is -2.18. The first-order valence-corrected chi connectivity index (χ1v) is 7.06. The first-order chi connectivity index (χ1) is 10.3. The Bertz CT molecular complexity index is 660. The Hall–Kier alpha value is -2.54. The molecule has 1 fully saturated rings. The Morgan fingerprint density at radius 3 is 2.86 bits per heavy atom. The Kier molecular flexibility index (Phi) is 3.74. The van der Waals surface area contributed by atoms with Crippen molar-refractivity contribution in [3.8, 4) is 11.8 Å². The van der Waals surface area contributed by atoms with Crippen LogP contribution in [0.15, 0.2) is 42.6 Å². The zero-order chi connectivity index (χ0) is 14.7. The first kappa shape index (κ1) is 13.4. The molecule has 0 saturated carbocycles. The molecule has 0 N–H and O–H groups in total. The maximum absolute atomic E-state index is 8.82. The summed E-state index contributed by atoms with van der Waals surface area (Å²) >= 11 is 0.